The summed E-state index contributed by atoms with van der Waals surface area (Å²) in [5.41, 5.74) is 1.52. The first kappa shape index (κ1) is 16.3. The number of aryl methyl sites for hydroxylation is 1. The Bertz CT molecular complexity index is 375. The lowest BCUT2D eigenvalue weighted by Crippen LogP contribution is -2.21. The monoisotopic (exact) mass is 267 g/mol. The molecule has 0 aliphatic rings. The number of ether oxygens (including phenoxy) is 1. The van der Waals surface area contributed by atoms with Gasteiger partial charge in [0.15, 0.2) is 0 Å². The molecule has 0 amide bonds. The number of nitrogens with one attached hydrogen (secondary N) is 1. The molecule has 19 heavy (non-hydrogen) atoms. The van der Waals surface area contributed by atoms with Crippen molar-refractivity contribution in [2.45, 2.75) is 67.2 Å². The Morgan fingerprint density at radius 3 is 2.58 bits per heavy atom. The van der Waals surface area contributed by atoms with Crippen molar-refractivity contribution in [3.63, 3.8) is 0 Å². The van der Waals surface area contributed by atoms with Crippen LogP contribution in [-0.2, 0) is 17.9 Å². The summed E-state index contributed by atoms with van der Waals surface area (Å²) in [7, 11) is 0. The minimum absolute atomic E-state index is 0.325. The van der Waals surface area contributed by atoms with Crippen LogP contribution in [0, 0.1) is 12.3 Å². The van der Waals surface area contributed by atoms with Crippen LogP contribution in [0.1, 0.15) is 58.1 Å². The fourth-order valence-electron chi connectivity index (χ4n) is 1.68. The van der Waals surface area contributed by atoms with Crippen molar-refractivity contribution in [1.82, 2.24) is 5.32 Å². The highest BCUT2D eigenvalue weighted by Gasteiger charge is 2.11. The van der Waals surface area contributed by atoms with Gasteiger partial charge in [0.25, 0.3) is 0 Å². The topological polar surface area (TPSA) is 34.4 Å². The van der Waals surface area contributed by atoms with Crippen molar-refractivity contribution in [3.8, 4) is 0 Å². The first-order chi connectivity index (χ1) is 8.78. The first-order valence-electron chi connectivity index (χ1n) is 7.17. The van der Waals surface area contributed by atoms with E-state index in [1.54, 1.807) is 0 Å². The van der Waals surface area contributed by atoms with E-state index in [1.807, 2.05) is 0 Å². The summed E-state index contributed by atoms with van der Waals surface area (Å²) in [4.78, 5) is 0. The average molecular weight is 267 g/mol. The average Bonchev–Trinajstić information content (AvgIpc) is 2.61. The smallest absolute Gasteiger partial charge is 0.130 e. The highest BCUT2D eigenvalue weighted by molar-refractivity contribution is 5.19. The van der Waals surface area contributed by atoms with Crippen LogP contribution in [0.2, 0.25) is 0 Å². The van der Waals surface area contributed by atoms with Crippen LogP contribution in [0.5, 0.6) is 0 Å². The van der Waals surface area contributed by atoms with Gasteiger partial charge in [0.2, 0.25) is 0 Å². The van der Waals surface area contributed by atoms with Crippen LogP contribution >= 0.6 is 0 Å². The van der Waals surface area contributed by atoms with E-state index in [1.165, 1.54) is 5.56 Å². The third-order valence-electron chi connectivity index (χ3n) is 2.98. The molecule has 0 bridgehead atoms. The second-order valence-corrected chi connectivity index (χ2v) is 6.72. The lowest BCUT2D eigenvalue weighted by atomic mass is 9.93. The molecular formula is C16H29NO2. The first-order valence-corrected chi connectivity index (χ1v) is 7.17. The Hall–Kier alpha value is -0.800. The maximum Gasteiger partial charge on any atom is 0.130 e. The summed E-state index contributed by atoms with van der Waals surface area (Å²) in [6.45, 7) is 15.2. The third-order valence-corrected chi connectivity index (χ3v) is 2.98. The number of hydrogen-bond donors (Lipinski definition) is 1. The van der Waals surface area contributed by atoms with Crippen molar-refractivity contribution in [2.24, 2.45) is 5.41 Å². The van der Waals surface area contributed by atoms with E-state index in [9.17, 15) is 0 Å². The molecule has 0 spiro atoms. The van der Waals surface area contributed by atoms with Gasteiger partial charge in [0.1, 0.15) is 18.1 Å². The zero-order valence-corrected chi connectivity index (χ0v) is 13.3. The summed E-state index contributed by atoms with van der Waals surface area (Å²) >= 11 is 0. The Morgan fingerprint density at radius 1 is 1.32 bits per heavy atom. The van der Waals surface area contributed by atoms with E-state index in [4.69, 9.17) is 9.15 Å². The van der Waals surface area contributed by atoms with E-state index < -0.39 is 0 Å². The van der Waals surface area contributed by atoms with Gasteiger partial charge in [-0.1, -0.05) is 34.6 Å². The van der Waals surface area contributed by atoms with Crippen LogP contribution in [0.25, 0.3) is 0 Å². The summed E-state index contributed by atoms with van der Waals surface area (Å²) in [5.74, 6) is 1.94. The number of rotatable bonds is 7. The van der Waals surface area contributed by atoms with E-state index >= 15 is 0 Å². The summed E-state index contributed by atoms with van der Waals surface area (Å²) in [5, 5.41) is 3.37. The second-order valence-electron chi connectivity index (χ2n) is 6.72. The SMILES string of the molecule is Cc1cc(COCCC(C)(C)C)oc1CNC(C)C. The van der Waals surface area contributed by atoms with E-state index in [2.05, 4.69) is 52.9 Å². The van der Waals surface area contributed by atoms with Gasteiger partial charge in [-0.3, -0.25) is 0 Å². The molecule has 1 rings (SSSR count). The second kappa shape index (κ2) is 7.11. The van der Waals surface area contributed by atoms with Crippen molar-refractivity contribution >= 4 is 0 Å². The largest absolute Gasteiger partial charge is 0.462 e. The Kier molecular flexibility index (Phi) is 6.08. The minimum Gasteiger partial charge on any atom is -0.462 e. The molecule has 110 valence electrons. The van der Waals surface area contributed by atoms with Gasteiger partial charge in [-0.05, 0) is 30.4 Å². The van der Waals surface area contributed by atoms with Crippen molar-refractivity contribution < 1.29 is 9.15 Å². The molecule has 0 aliphatic carbocycles. The summed E-state index contributed by atoms with van der Waals surface area (Å²) in [6, 6.07) is 2.55. The molecule has 0 saturated heterocycles. The highest BCUT2D eigenvalue weighted by atomic mass is 16.5. The minimum atomic E-state index is 0.325. The van der Waals surface area contributed by atoms with Crippen molar-refractivity contribution in [3.05, 3.63) is 23.2 Å². The van der Waals surface area contributed by atoms with Gasteiger partial charge in [-0.25, -0.2) is 0 Å². The molecular weight excluding hydrogens is 238 g/mol. The highest BCUT2D eigenvalue weighted by Crippen LogP contribution is 2.19. The van der Waals surface area contributed by atoms with Gasteiger partial charge in [-0.2, -0.15) is 0 Å². The van der Waals surface area contributed by atoms with E-state index in [0.717, 1.165) is 31.1 Å². The Labute approximate surface area is 117 Å². The molecule has 0 aromatic carbocycles. The van der Waals surface area contributed by atoms with E-state index in [-0.39, 0.29) is 0 Å². The molecule has 1 N–H and O–H groups in total. The third kappa shape index (κ3) is 6.79. The predicted molar refractivity (Wildman–Crippen MR) is 79.1 cm³/mol. The Balaban J connectivity index is 2.37. The molecule has 0 fully saturated rings. The number of furan rings is 1. The quantitative estimate of drug-likeness (QED) is 0.757. The van der Waals surface area contributed by atoms with Crippen molar-refractivity contribution in [1.29, 1.82) is 0 Å². The molecule has 1 aromatic rings. The molecule has 0 aliphatic heterocycles. The maximum atomic E-state index is 5.81. The lowest BCUT2D eigenvalue weighted by molar-refractivity contribution is 0.0836. The van der Waals surface area contributed by atoms with Crippen LogP contribution in [-0.4, -0.2) is 12.6 Å². The zero-order chi connectivity index (χ0) is 14.5. The fraction of sp³-hybridized carbons (Fsp3) is 0.750. The zero-order valence-electron chi connectivity index (χ0n) is 13.3. The normalized spacial score (nSPS) is 12.4. The lowest BCUT2D eigenvalue weighted by Gasteiger charge is -2.17. The van der Waals surface area contributed by atoms with Crippen LogP contribution in [0.4, 0.5) is 0 Å². The van der Waals surface area contributed by atoms with Crippen LogP contribution < -0.4 is 5.32 Å². The van der Waals surface area contributed by atoms with E-state index in [0.29, 0.717) is 18.1 Å². The molecule has 3 nitrogen and oxygen atoms in total. The van der Waals surface area contributed by atoms with Gasteiger partial charge < -0.3 is 14.5 Å². The standard InChI is InChI=1S/C16H29NO2/c1-12(2)17-10-15-13(3)9-14(19-15)11-18-8-7-16(4,5)6/h9,12,17H,7-8,10-11H2,1-6H3. The Morgan fingerprint density at radius 2 is 2.00 bits per heavy atom. The molecule has 1 aromatic heterocycles. The van der Waals surface area contributed by atoms with Crippen molar-refractivity contribution in [2.75, 3.05) is 6.61 Å². The van der Waals surface area contributed by atoms with Gasteiger partial charge >= 0.3 is 0 Å². The molecule has 1 heterocycles. The van der Waals surface area contributed by atoms with Gasteiger partial charge in [0.05, 0.1) is 6.54 Å². The van der Waals surface area contributed by atoms with Crippen LogP contribution in [0.15, 0.2) is 10.5 Å². The molecule has 0 unspecified atom stereocenters. The maximum absolute atomic E-state index is 5.81. The summed E-state index contributed by atoms with van der Waals surface area (Å²) in [6.07, 6.45) is 1.06. The molecule has 0 saturated carbocycles. The molecule has 3 heteroatoms. The van der Waals surface area contributed by atoms with Gasteiger partial charge in [-0.15, -0.1) is 0 Å². The number of hydrogen-bond acceptors (Lipinski definition) is 3. The molecule has 0 atom stereocenters. The summed E-state index contributed by atoms with van der Waals surface area (Å²) < 4.78 is 11.5. The van der Waals surface area contributed by atoms with Gasteiger partial charge in [0, 0.05) is 12.6 Å². The fourth-order valence-corrected chi connectivity index (χ4v) is 1.68. The van der Waals surface area contributed by atoms with Crippen LogP contribution in [0.3, 0.4) is 0 Å². The molecule has 0 radical (unpaired) electrons. The predicted octanol–water partition coefficient (Wildman–Crippen LogP) is 4.04.